The fourth-order valence-electron chi connectivity index (χ4n) is 2.24. The molecule has 10 heteroatoms. The molecule has 2 aromatic carbocycles. The van der Waals surface area contributed by atoms with Crippen LogP contribution in [0.1, 0.15) is 21.5 Å². The highest BCUT2D eigenvalue weighted by Crippen LogP contribution is 2.37. The van der Waals surface area contributed by atoms with Crippen LogP contribution in [0.3, 0.4) is 0 Å². The molecule has 3 aromatic rings. The van der Waals surface area contributed by atoms with Crippen molar-refractivity contribution in [2.45, 2.75) is 12.4 Å². The lowest BCUT2D eigenvalue weighted by atomic mass is 10.1. The smallest absolute Gasteiger partial charge is 0.298 e. The number of para-hydroxylation sites is 1. The SMILES string of the molecule is O=C(Nc1nc2c(C(F)(F)F)cccc2s1)c1cccc(C(F)(F)F)c1. The number of carbonyl (C=O) groups excluding carboxylic acids is 1. The van der Waals surface area contributed by atoms with E-state index in [2.05, 4.69) is 10.3 Å². The molecule has 0 saturated carbocycles. The third kappa shape index (κ3) is 3.64. The number of aromatic nitrogens is 1. The monoisotopic (exact) mass is 390 g/mol. The predicted molar refractivity (Wildman–Crippen MR) is 84.0 cm³/mol. The zero-order valence-corrected chi connectivity index (χ0v) is 13.4. The molecule has 0 aliphatic heterocycles. The maximum Gasteiger partial charge on any atom is 0.418 e. The summed E-state index contributed by atoms with van der Waals surface area (Å²) >= 11 is 0.795. The Kier molecular flexibility index (Phi) is 4.39. The van der Waals surface area contributed by atoms with Gasteiger partial charge in [0.05, 0.1) is 21.3 Å². The van der Waals surface area contributed by atoms with E-state index in [1.807, 2.05) is 0 Å². The van der Waals surface area contributed by atoms with Gasteiger partial charge in [-0.2, -0.15) is 26.3 Å². The Hall–Kier alpha value is -2.62. The van der Waals surface area contributed by atoms with Gasteiger partial charge >= 0.3 is 12.4 Å². The molecule has 1 aromatic heterocycles. The number of benzene rings is 2. The van der Waals surface area contributed by atoms with Crippen LogP contribution in [0, 0.1) is 0 Å². The molecule has 0 spiro atoms. The number of anilines is 1. The number of rotatable bonds is 2. The van der Waals surface area contributed by atoms with E-state index < -0.39 is 29.4 Å². The molecule has 3 rings (SSSR count). The summed E-state index contributed by atoms with van der Waals surface area (Å²) in [6, 6.07) is 7.18. The van der Waals surface area contributed by atoms with E-state index in [1.54, 1.807) is 0 Å². The standard InChI is InChI=1S/C16H8F6N2OS/c17-15(18,19)9-4-1-3-8(7-9)13(25)24-14-23-12-10(16(20,21)22)5-2-6-11(12)26-14/h1-7H,(H,23,24,25). The van der Waals surface area contributed by atoms with Crippen LogP contribution in [0.5, 0.6) is 0 Å². The molecule has 1 heterocycles. The first-order valence-corrected chi connectivity index (χ1v) is 7.83. The highest BCUT2D eigenvalue weighted by molar-refractivity contribution is 7.22. The Morgan fingerprint density at radius 2 is 1.65 bits per heavy atom. The van der Waals surface area contributed by atoms with Crippen LogP contribution in [0.15, 0.2) is 42.5 Å². The summed E-state index contributed by atoms with van der Waals surface area (Å²) in [6.45, 7) is 0. The molecule has 0 aliphatic carbocycles. The first-order valence-electron chi connectivity index (χ1n) is 7.01. The number of nitrogens with zero attached hydrogens (tertiary/aromatic N) is 1. The second-order valence-corrected chi connectivity index (χ2v) is 6.23. The molecule has 0 radical (unpaired) electrons. The second-order valence-electron chi connectivity index (χ2n) is 5.20. The zero-order chi connectivity index (χ0) is 19.1. The van der Waals surface area contributed by atoms with Crippen molar-refractivity contribution in [2.75, 3.05) is 5.32 Å². The van der Waals surface area contributed by atoms with Crippen LogP contribution in [0.2, 0.25) is 0 Å². The van der Waals surface area contributed by atoms with Gasteiger partial charge in [-0.1, -0.05) is 23.5 Å². The molecule has 136 valence electrons. The van der Waals surface area contributed by atoms with Crippen molar-refractivity contribution in [3.8, 4) is 0 Å². The Labute approximate surface area is 146 Å². The predicted octanol–water partition coefficient (Wildman–Crippen LogP) is 5.59. The quantitative estimate of drug-likeness (QED) is 0.580. The van der Waals surface area contributed by atoms with Crippen molar-refractivity contribution < 1.29 is 31.1 Å². The van der Waals surface area contributed by atoms with Gasteiger partial charge in [-0.15, -0.1) is 0 Å². The molecule has 0 fully saturated rings. The van der Waals surface area contributed by atoms with Gasteiger partial charge in [0, 0.05) is 5.56 Å². The molecule has 0 atom stereocenters. The van der Waals surface area contributed by atoms with Gasteiger partial charge in [0.25, 0.3) is 5.91 Å². The van der Waals surface area contributed by atoms with Crippen LogP contribution in [-0.2, 0) is 12.4 Å². The van der Waals surface area contributed by atoms with Crippen molar-refractivity contribution >= 4 is 32.6 Å². The minimum absolute atomic E-state index is 0.140. The summed E-state index contributed by atoms with van der Waals surface area (Å²) in [5.74, 6) is -0.899. The number of amides is 1. The van der Waals surface area contributed by atoms with Gasteiger partial charge in [-0.25, -0.2) is 4.98 Å². The maximum atomic E-state index is 13.0. The van der Waals surface area contributed by atoms with Gasteiger partial charge in [0.1, 0.15) is 0 Å². The van der Waals surface area contributed by atoms with E-state index in [0.717, 1.165) is 29.5 Å². The molecule has 26 heavy (non-hydrogen) atoms. The Balaban J connectivity index is 1.91. The van der Waals surface area contributed by atoms with Crippen LogP contribution in [0.25, 0.3) is 10.2 Å². The average molecular weight is 390 g/mol. The van der Waals surface area contributed by atoms with Crippen LogP contribution in [-0.4, -0.2) is 10.9 Å². The summed E-state index contributed by atoms with van der Waals surface area (Å²) in [7, 11) is 0. The highest BCUT2D eigenvalue weighted by atomic mass is 32.1. The van der Waals surface area contributed by atoms with Crippen molar-refractivity contribution in [3.63, 3.8) is 0 Å². The molecule has 0 saturated heterocycles. The molecular formula is C16H8F6N2OS. The van der Waals surface area contributed by atoms with Gasteiger partial charge < -0.3 is 0 Å². The van der Waals surface area contributed by atoms with E-state index in [9.17, 15) is 31.1 Å². The van der Waals surface area contributed by atoms with E-state index in [1.165, 1.54) is 18.2 Å². The molecule has 0 aliphatic rings. The largest absolute Gasteiger partial charge is 0.418 e. The van der Waals surface area contributed by atoms with Crippen LogP contribution in [0.4, 0.5) is 31.5 Å². The first kappa shape index (κ1) is 18.2. The summed E-state index contributed by atoms with van der Waals surface area (Å²) in [5, 5.41) is 2.10. The van der Waals surface area contributed by atoms with Crippen molar-refractivity contribution in [2.24, 2.45) is 0 Å². The topological polar surface area (TPSA) is 42.0 Å². The summed E-state index contributed by atoms with van der Waals surface area (Å²) in [4.78, 5) is 15.9. The number of halogens is 6. The number of thiazole rings is 1. The van der Waals surface area contributed by atoms with E-state index in [4.69, 9.17) is 0 Å². The minimum Gasteiger partial charge on any atom is -0.298 e. The molecular weight excluding hydrogens is 382 g/mol. The number of fused-ring (bicyclic) bond motifs is 1. The maximum absolute atomic E-state index is 13.0. The molecule has 0 unspecified atom stereocenters. The minimum atomic E-state index is -4.62. The van der Waals surface area contributed by atoms with E-state index >= 15 is 0 Å². The second kappa shape index (κ2) is 6.27. The average Bonchev–Trinajstić information content (AvgIpc) is 2.95. The van der Waals surface area contributed by atoms with Gasteiger partial charge in [-0.3, -0.25) is 10.1 Å². The third-order valence-corrected chi connectivity index (χ3v) is 4.33. The Bertz CT molecular complexity index is 977. The molecule has 3 nitrogen and oxygen atoms in total. The number of nitrogens with one attached hydrogen (secondary N) is 1. The zero-order valence-electron chi connectivity index (χ0n) is 12.6. The lowest BCUT2D eigenvalue weighted by molar-refractivity contribution is -0.138. The normalized spacial score (nSPS) is 12.4. The van der Waals surface area contributed by atoms with Crippen molar-refractivity contribution in [1.82, 2.24) is 4.98 Å². The number of hydrogen-bond acceptors (Lipinski definition) is 3. The first-order chi connectivity index (χ1) is 12.1. The van der Waals surface area contributed by atoms with E-state index in [0.29, 0.717) is 6.07 Å². The Morgan fingerprint density at radius 3 is 2.31 bits per heavy atom. The molecule has 1 N–H and O–H groups in total. The lowest BCUT2D eigenvalue weighted by Gasteiger charge is -2.08. The van der Waals surface area contributed by atoms with Crippen molar-refractivity contribution in [1.29, 1.82) is 0 Å². The van der Waals surface area contributed by atoms with Crippen molar-refractivity contribution in [3.05, 3.63) is 59.2 Å². The van der Waals surface area contributed by atoms with Crippen LogP contribution >= 0.6 is 11.3 Å². The fraction of sp³-hybridized carbons (Fsp3) is 0.125. The van der Waals surface area contributed by atoms with Gasteiger partial charge in [-0.05, 0) is 30.3 Å². The fourth-order valence-corrected chi connectivity index (χ4v) is 3.12. The highest BCUT2D eigenvalue weighted by Gasteiger charge is 2.34. The third-order valence-electron chi connectivity index (χ3n) is 3.40. The number of carbonyl (C=O) groups is 1. The van der Waals surface area contributed by atoms with Gasteiger partial charge in [0.2, 0.25) is 0 Å². The summed E-state index contributed by atoms with van der Waals surface area (Å²) < 4.78 is 77.3. The number of hydrogen-bond donors (Lipinski definition) is 1. The summed E-state index contributed by atoms with van der Waals surface area (Å²) in [6.07, 6.45) is -9.23. The molecule has 0 bridgehead atoms. The van der Waals surface area contributed by atoms with E-state index in [-0.39, 0.29) is 20.9 Å². The number of alkyl halides is 6. The Morgan fingerprint density at radius 1 is 0.962 bits per heavy atom. The lowest BCUT2D eigenvalue weighted by Crippen LogP contribution is -2.13. The van der Waals surface area contributed by atoms with Gasteiger partial charge in [0.15, 0.2) is 5.13 Å². The van der Waals surface area contributed by atoms with Crippen LogP contribution < -0.4 is 5.32 Å². The molecule has 1 amide bonds. The summed E-state index contributed by atoms with van der Waals surface area (Å²) in [5.41, 5.74) is -2.57.